The summed E-state index contributed by atoms with van der Waals surface area (Å²) in [4.78, 5) is 24.3. The minimum absolute atomic E-state index is 0.225. The zero-order valence-electron chi connectivity index (χ0n) is 17.4. The summed E-state index contributed by atoms with van der Waals surface area (Å²) in [7, 11) is 0. The van der Waals surface area contributed by atoms with Gasteiger partial charge in [-0.05, 0) is 49.9 Å². The maximum absolute atomic E-state index is 12.4. The molecule has 30 heavy (non-hydrogen) atoms. The van der Waals surface area contributed by atoms with Crippen LogP contribution in [0.5, 0.6) is 0 Å². The van der Waals surface area contributed by atoms with Crippen LogP contribution in [-0.4, -0.2) is 27.4 Å². The van der Waals surface area contributed by atoms with Crippen LogP contribution in [0.2, 0.25) is 0 Å². The molecule has 6 nitrogen and oxygen atoms in total. The molecule has 0 spiro atoms. The van der Waals surface area contributed by atoms with Crippen LogP contribution in [0.15, 0.2) is 55.0 Å². The van der Waals surface area contributed by atoms with Crippen molar-refractivity contribution in [3.8, 4) is 0 Å². The van der Waals surface area contributed by atoms with Crippen LogP contribution in [-0.2, 0) is 6.42 Å². The van der Waals surface area contributed by atoms with Crippen LogP contribution in [0.4, 0.5) is 11.5 Å². The van der Waals surface area contributed by atoms with E-state index in [4.69, 9.17) is 0 Å². The number of aromatic nitrogens is 3. The Kier molecular flexibility index (Phi) is 5.48. The van der Waals surface area contributed by atoms with Crippen LogP contribution >= 0.6 is 0 Å². The van der Waals surface area contributed by atoms with Crippen molar-refractivity contribution in [1.82, 2.24) is 20.3 Å². The number of H-pyrrole nitrogens is 1. The number of nitrogens with one attached hydrogen (secondary N) is 3. The second-order valence-electron chi connectivity index (χ2n) is 7.55. The molecule has 0 fully saturated rings. The van der Waals surface area contributed by atoms with Gasteiger partial charge in [-0.15, -0.1) is 0 Å². The SMILES string of the molecule is Cc1cc(C)c(Nc2cnc(C(=O)NCCc3c[nH]c4ccccc34)cn2)c(C)c1. The molecule has 4 aromatic rings. The highest BCUT2D eigenvalue weighted by atomic mass is 16.1. The molecule has 0 saturated carbocycles. The molecule has 3 N–H and O–H groups in total. The number of carbonyl (C=O) groups is 1. The molecule has 2 aromatic carbocycles. The van der Waals surface area contributed by atoms with E-state index >= 15 is 0 Å². The number of benzene rings is 2. The maximum Gasteiger partial charge on any atom is 0.271 e. The lowest BCUT2D eigenvalue weighted by Gasteiger charge is -2.13. The number of nitrogens with zero attached hydrogens (tertiary/aromatic N) is 2. The number of para-hydroxylation sites is 1. The lowest BCUT2D eigenvalue weighted by molar-refractivity contribution is 0.0949. The van der Waals surface area contributed by atoms with Gasteiger partial charge in [-0.2, -0.15) is 0 Å². The number of anilines is 2. The second kappa shape index (κ2) is 8.37. The van der Waals surface area contributed by atoms with E-state index in [2.05, 4.69) is 64.6 Å². The van der Waals surface area contributed by atoms with E-state index in [0.717, 1.165) is 28.8 Å². The molecule has 0 aliphatic rings. The Morgan fingerprint density at radius 1 is 1.03 bits per heavy atom. The fraction of sp³-hybridized carbons (Fsp3) is 0.208. The molecule has 152 valence electrons. The van der Waals surface area contributed by atoms with Crippen molar-refractivity contribution < 1.29 is 4.79 Å². The van der Waals surface area contributed by atoms with E-state index in [1.165, 1.54) is 22.7 Å². The first kappa shape index (κ1) is 19.6. The normalized spacial score (nSPS) is 10.9. The lowest BCUT2D eigenvalue weighted by atomic mass is 10.1. The Morgan fingerprint density at radius 2 is 1.80 bits per heavy atom. The molecule has 2 heterocycles. The standard InChI is InChI=1S/C24H25N5O/c1-15-10-16(2)23(17(3)11-15)29-22-14-27-21(13-28-22)24(30)25-9-8-18-12-26-20-7-5-4-6-19(18)20/h4-7,10-14,26H,8-9H2,1-3H3,(H,25,30)(H,28,29). The monoisotopic (exact) mass is 399 g/mol. The number of hydrogen-bond acceptors (Lipinski definition) is 4. The van der Waals surface area contributed by atoms with Crippen molar-refractivity contribution >= 4 is 28.3 Å². The Bertz CT molecular complexity index is 1170. The van der Waals surface area contributed by atoms with Gasteiger partial charge in [-0.25, -0.2) is 9.97 Å². The zero-order chi connectivity index (χ0) is 21.1. The van der Waals surface area contributed by atoms with Gasteiger partial charge in [-0.1, -0.05) is 35.9 Å². The van der Waals surface area contributed by atoms with Crippen LogP contribution in [0, 0.1) is 20.8 Å². The van der Waals surface area contributed by atoms with E-state index in [9.17, 15) is 4.79 Å². The molecule has 4 rings (SSSR count). The summed E-state index contributed by atoms with van der Waals surface area (Å²) in [5.74, 6) is 0.386. The summed E-state index contributed by atoms with van der Waals surface area (Å²) in [6.45, 7) is 6.73. The van der Waals surface area contributed by atoms with Crippen molar-refractivity contribution in [3.05, 3.63) is 82.9 Å². The van der Waals surface area contributed by atoms with Gasteiger partial charge in [0.1, 0.15) is 11.5 Å². The molecule has 0 radical (unpaired) electrons. The fourth-order valence-corrected chi connectivity index (χ4v) is 3.75. The van der Waals surface area contributed by atoms with Crippen molar-refractivity contribution in [1.29, 1.82) is 0 Å². The predicted molar refractivity (Wildman–Crippen MR) is 120 cm³/mol. The third-order valence-electron chi connectivity index (χ3n) is 5.17. The number of aryl methyl sites for hydroxylation is 3. The molecule has 2 aromatic heterocycles. The average molecular weight is 399 g/mol. The summed E-state index contributed by atoms with van der Waals surface area (Å²) in [6.07, 6.45) is 5.83. The van der Waals surface area contributed by atoms with Crippen LogP contribution in [0.3, 0.4) is 0 Å². The first-order chi connectivity index (χ1) is 14.5. The van der Waals surface area contributed by atoms with Gasteiger partial charge in [0.15, 0.2) is 0 Å². The third-order valence-corrected chi connectivity index (χ3v) is 5.17. The highest BCUT2D eigenvalue weighted by molar-refractivity contribution is 5.92. The minimum Gasteiger partial charge on any atom is -0.361 e. The summed E-state index contributed by atoms with van der Waals surface area (Å²) >= 11 is 0. The van der Waals surface area contributed by atoms with E-state index in [-0.39, 0.29) is 5.91 Å². The van der Waals surface area contributed by atoms with Crippen molar-refractivity contribution in [2.24, 2.45) is 0 Å². The predicted octanol–water partition coefficient (Wildman–Crippen LogP) is 4.60. The largest absolute Gasteiger partial charge is 0.361 e. The van der Waals surface area contributed by atoms with Gasteiger partial charge in [0.05, 0.1) is 12.4 Å². The summed E-state index contributed by atoms with van der Waals surface area (Å²) in [5, 5.41) is 7.41. The molecule has 0 aliphatic carbocycles. The Morgan fingerprint density at radius 3 is 2.53 bits per heavy atom. The van der Waals surface area contributed by atoms with Crippen molar-refractivity contribution in [3.63, 3.8) is 0 Å². The number of carbonyl (C=O) groups excluding carboxylic acids is 1. The lowest BCUT2D eigenvalue weighted by Crippen LogP contribution is -2.26. The summed E-state index contributed by atoms with van der Waals surface area (Å²) in [6, 6.07) is 12.4. The smallest absolute Gasteiger partial charge is 0.271 e. The molecule has 1 amide bonds. The molecule has 0 bridgehead atoms. The number of hydrogen-bond donors (Lipinski definition) is 3. The van der Waals surface area contributed by atoms with Crippen molar-refractivity contribution in [2.75, 3.05) is 11.9 Å². The number of aromatic amines is 1. The number of rotatable bonds is 6. The molecule has 0 atom stereocenters. The van der Waals surface area contributed by atoms with Crippen LogP contribution < -0.4 is 10.6 Å². The van der Waals surface area contributed by atoms with E-state index in [1.54, 1.807) is 6.20 Å². The van der Waals surface area contributed by atoms with Gasteiger partial charge in [0, 0.05) is 29.3 Å². The van der Waals surface area contributed by atoms with Crippen molar-refractivity contribution in [2.45, 2.75) is 27.2 Å². The van der Waals surface area contributed by atoms with E-state index in [1.807, 2.05) is 24.4 Å². The number of fused-ring (bicyclic) bond motifs is 1. The highest BCUT2D eigenvalue weighted by Crippen LogP contribution is 2.24. The third kappa shape index (κ3) is 4.17. The minimum atomic E-state index is -0.225. The number of amides is 1. The first-order valence-corrected chi connectivity index (χ1v) is 10.0. The van der Waals surface area contributed by atoms with Gasteiger partial charge in [0.2, 0.25) is 0 Å². The zero-order valence-corrected chi connectivity index (χ0v) is 17.4. The summed E-state index contributed by atoms with van der Waals surface area (Å²) in [5.41, 5.74) is 7.12. The first-order valence-electron chi connectivity index (χ1n) is 10.0. The fourth-order valence-electron chi connectivity index (χ4n) is 3.75. The average Bonchev–Trinajstić information content (AvgIpc) is 3.14. The van der Waals surface area contributed by atoms with Crippen LogP contribution in [0.1, 0.15) is 32.7 Å². The van der Waals surface area contributed by atoms with Gasteiger partial charge in [0.25, 0.3) is 5.91 Å². The second-order valence-corrected chi connectivity index (χ2v) is 7.55. The quantitative estimate of drug-likeness (QED) is 0.442. The van der Waals surface area contributed by atoms with Gasteiger partial charge < -0.3 is 15.6 Å². The molecule has 0 saturated heterocycles. The van der Waals surface area contributed by atoms with Gasteiger partial charge >= 0.3 is 0 Å². The molecule has 0 unspecified atom stereocenters. The Hall–Kier alpha value is -3.67. The van der Waals surface area contributed by atoms with E-state index in [0.29, 0.717) is 18.1 Å². The summed E-state index contributed by atoms with van der Waals surface area (Å²) < 4.78 is 0. The highest BCUT2D eigenvalue weighted by Gasteiger charge is 2.10. The Balaban J connectivity index is 1.36. The Labute approximate surface area is 175 Å². The molecule has 6 heteroatoms. The maximum atomic E-state index is 12.4. The van der Waals surface area contributed by atoms with Crippen LogP contribution in [0.25, 0.3) is 10.9 Å². The topological polar surface area (TPSA) is 82.7 Å². The molecule has 0 aliphatic heterocycles. The molecular weight excluding hydrogens is 374 g/mol. The molecular formula is C24H25N5O. The van der Waals surface area contributed by atoms with Gasteiger partial charge in [-0.3, -0.25) is 4.79 Å². The van der Waals surface area contributed by atoms with E-state index < -0.39 is 0 Å².